The Morgan fingerprint density at radius 2 is 1.77 bits per heavy atom. The summed E-state index contributed by atoms with van der Waals surface area (Å²) in [6.07, 6.45) is 14.8. The molecule has 1 aliphatic carbocycles. The molecule has 1 unspecified atom stereocenters. The van der Waals surface area contributed by atoms with Gasteiger partial charge in [0.15, 0.2) is 0 Å². The lowest BCUT2D eigenvalue weighted by Crippen LogP contribution is -2.33. The first-order valence-corrected chi connectivity index (χ1v) is 15.5. The average molecular weight is 549 g/mol. The lowest BCUT2D eigenvalue weighted by Gasteiger charge is -2.22. The Morgan fingerprint density at radius 3 is 2.65 bits per heavy atom. The van der Waals surface area contributed by atoms with Crippen LogP contribution in [0.1, 0.15) is 69.9 Å². The van der Waals surface area contributed by atoms with Crippen LogP contribution in [-0.4, -0.2) is 81.7 Å². The maximum atomic E-state index is 4.81. The number of likely N-dealkylation sites (tertiary alicyclic amines) is 1. The number of aryl methyl sites for hydroxylation is 1. The second-order valence-electron chi connectivity index (χ2n) is 11.5. The van der Waals surface area contributed by atoms with Gasteiger partial charge < -0.3 is 26.2 Å². The van der Waals surface area contributed by atoms with Crippen LogP contribution >= 0.6 is 0 Å². The summed E-state index contributed by atoms with van der Waals surface area (Å²) >= 11 is 0. The number of anilines is 2. The molecule has 1 aliphatic heterocycles. The number of hydrogen-bond donors (Lipinski definition) is 4. The van der Waals surface area contributed by atoms with E-state index >= 15 is 0 Å². The molecule has 0 amide bonds. The number of rotatable bonds is 16. The second-order valence-corrected chi connectivity index (χ2v) is 11.5. The van der Waals surface area contributed by atoms with Crippen molar-refractivity contribution in [1.82, 2.24) is 40.5 Å². The lowest BCUT2D eigenvalue weighted by molar-refractivity contribution is 0.301. The predicted molar refractivity (Wildman–Crippen MR) is 163 cm³/mol. The van der Waals surface area contributed by atoms with Crippen LogP contribution in [0.4, 0.5) is 11.8 Å². The monoisotopic (exact) mass is 548 g/mol. The molecule has 40 heavy (non-hydrogen) atoms. The minimum absolute atomic E-state index is 0.539. The van der Waals surface area contributed by atoms with Gasteiger partial charge in [-0.15, -0.1) is 5.10 Å². The fourth-order valence-electron chi connectivity index (χ4n) is 6.01. The van der Waals surface area contributed by atoms with Gasteiger partial charge in [0.25, 0.3) is 0 Å². The summed E-state index contributed by atoms with van der Waals surface area (Å²) < 4.78 is 1.93. The van der Waals surface area contributed by atoms with E-state index in [-0.39, 0.29) is 0 Å². The fourth-order valence-corrected chi connectivity index (χ4v) is 6.01. The molecular formula is C30H48N10. The molecule has 0 spiro atoms. The minimum atomic E-state index is 0.539. The van der Waals surface area contributed by atoms with Crippen molar-refractivity contribution in [1.29, 1.82) is 0 Å². The highest BCUT2D eigenvalue weighted by atomic mass is 15.4. The molecule has 2 fully saturated rings. The zero-order valence-corrected chi connectivity index (χ0v) is 24.2. The summed E-state index contributed by atoms with van der Waals surface area (Å²) in [6.45, 7) is 6.67. The van der Waals surface area contributed by atoms with Crippen molar-refractivity contribution in [3.05, 3.63) is 36.2 Å². The minimum Gasteiger partial charge on any atom is -0.369 e. The summed E-state index contributed by atoms with van der Waals surface area (Å²) in [5.74, 6) is 1.49. The Balaban J connectivity index is 1.02. The molecule has 3 aromatic rings. The first-order chi connectivity index (χ1) is 19.7. The number of aromatic nitrogens is 5. The number of nitrogens with zero attached hydrogens (tertiary/aromatic N) is 6. The average Bonchev–Trinajstić information content (AvgIpc) is 3.62. The topological polar surface area (TPSA) is 108 Å². The number of fused-ring (bicyclic) bond motifs is 1. The van der Waals surface area contributed by atoms with Gasteiger partial charge in [0.05, 0.1) is 18.3 Å². The van der Waals surface area contributed by atoms with E-state index < -0.39 is 0 Å². The van der Waals surface area contributed by atoms with E-state index in [9.17, 15) is 0 Å². The molecule has 1 atom stereocenters. The van der Waals surface area contributed by atoms with E-state index in [1.165, 1.54) is 57.9 Å². The Kier molecular flexibility index (Phi) is 10.9. The Bertz CT molecular complexity index is 1160. The van der Waals surface area contributed by atoms with Crippen molar-refractivity contribution < 1.29 is 0 Å². The van der Waals surface area contributed by atoms with Crippen LogP contribution in [0.2, 0.25) is 0 Å². The van der Waals surface area contributed by atoms with E-state index in [1.807, 2.05) is 29.1 Å². The third-order valence-electron chi connectivity index (χ3n) is 8.37. The number of nitrogens with one attached hydrogen (secondary N) is 4. The molecule has 0 bridgehead atoms. The molecule has 1 aromatic carbocycles. The molecule has 3 heterocycles. The summed E-state index contributed by atoms with van der Waals surface area (Å²) in [5.41, 5.74) is 1.82. The SMILES string of the molecule is CN1CCCC1CCNc1nc(NCc2cn(CCCNCCCNC3CCCCC3)nn2)nc2ccccc12. The van der Waals surface area contributed by atoms with Crippen molar-refractivity contribution in [2.75, 3.05) is 50.4 Å². The molecule has 10 nitrogen and oxygen atoms in total. The summed E-state index contributed by atoms with van der Waals surface area (Å²) in [5, 5.41) is 23.9. The zero-order valence-electron chi connectivity index (χ0n) is 24.2. The van der Waals surface area contributed by atoms with Crippen LogP contribution in [0.25, 0.3) is 10.9 Å². The van der Waals surface area contributed by atoms with E-state index in [0.29, 0.717) is 18.5 Å². The molecule has 218 valence electrons. The Labute approximate surface area is 239 Å². The third kappa shape index (κ3) is 8.59. The highest BCUT2D eigenvalue weighted by molar-refractivity contribution is 5.90. The maximum Gasteiger partial charge on any atom is 0.225 e. The van der Waals surface area contributed by atoms with Crippen LogP contribution in [0.5, 0.6) is 0 Å². The molecular weight excluding hydrogens is 500 g/mol. The first kappa shape index (κ1) is 28.7. The van der Waals surface area contributed by atoms with Gasteiger partial charge >= 0.3 is 0 Å². The fraction of sp³-hybridized carbons (Fsp3) is 0.667. The predicted octanol–water partition coefficient (Wildman–Crippen LogP) is 4.02. The highest BCUT2D eigenvalue weighted by Crippen LogP contribution is 2.23. The van der Waals surface area contributed by atoms with E-state index in [0.717, 1.165) is 74.0 Å². The van der Waals surface area contributed by atoms with Gasteiger partial charge in [0, 0.05) is 30.6 Å². The quantitative estimate of drug-likeness (QED) is 0.197. The van der Waals surface area contributed by atoms with Crippen LogP contribution in [0.3, 0.4) is 0 Å². The van der Waals surface area contributed by atoms with Gasteiger partial charge in [-0.1, -0.05) is 36.6 Å². The van der Waals surface area contributed by atoms with Crippen molar-refractivity contribution in [3.8, 4) is 0 Å². The number of benzene rings is 1. The molecule has 0 radical (unpaired) electrons. The number of hydrogen-bond acceptors (Lipinski definition) is 9. The smallest absolute Gasteiger partial charge is 0.225 e. The van der Waals surface area contributed by atoms with Gasteiger partial charge in [0.1, 0.15) is 11.5 Å². The van der Waals surface area contributed by atoms with Gasteiger partial charge in [-0.2, -0.15) is 4.98 Å². The normalized spacial score (nSPS) is 18.5. The van der Waals surface area contributed by atoms with Gasteiger partial charge in [-0.3, -0.25) is 4.68 Å². The number of para-hydroxylation sites is 1. The Morgan fingerprint density at radius 1 is 0.900 bits per heavy atom. The second kappa shape index (κ2) is 15.3. The molecule has 2 aromatic heterocycles. The van der Waals surface area contributed by atoms with E-state index in [2.05, 4.69) is 49.6 Å². The maximum absolute atomic E-state index is 4.81. The van der Waals surface area contributed by atoms with Crippen molar-refractivity contribution in [2.24, 2.45) is 0 Å². The summed E-state index contributed by atoms with van der Waals surface area (Å²) in [6, 6.07) is 9.59. The molecule has 1 saturated carbocycles. The van der Waals surface area contributed by atoms with E-state index in [1.54, 1.807) is 0 Å². The first-order valence-electron chi connectivity index (χ1n) is 15.5. The molecule has 2 aliphatic rings. The molecule has 10 heteroatoms. The van der Waals surface area contributed by atoms with Crippen molar-refractivity contribution >= 4 is 22.7 Å². The van der Waals surface area contributed by atoms with Crippen LogP contribution in [-0.2, 0) is 13.1 Å². The van der Waals surface area contributed by atoms with E-state index in [4.69, 9.17) is 9.97 Å². The summed E-state index contributed by atoms with van der Waals surface area (Å²) in [7, 11) is 2.23. The van der Waals surface area contributed by atoms with Crippen molar-refractivity contribution in [2.45, 2.75) is 89.4 Å². The van der Waals surface area contributed by atoms with Crippen molar-refractivity contribution in [3.63, 3.8) is 0 Å². The van der Waals surface area contributed by atoms with Crippen LogP contribution in [0.15, 0.2) is 30.5 Å². The van der Waals surface area contributed by atoms with Gasteiger partial charge in [0.2, 0.25) is 5.95 Å². The lowest BCUT2D eigenvalue weighted by atomic mass is 9.95. The largest absolute Gasteiger partial charge is 0.369 e. The zero-order chi connectivity index (χ0) is 27.4. The summed E-state index contributed by atoms with van der Waals surface area (Å²) in [4.78, 5) is 12.0. The Hall–Kier alpha value is -2.82. The van der Waals surface area contributed by atoms with Gasteiger partial charge in [-0.05, 0) is 90.3 Å². The third-order valence-corrected chi connectivity index (χ3v) is 8.37. The molecule has 4 N–H and O–H groups in total. The molecule has 1 saturated heterocycles. The van der Waals surface area contributed by atoms with Crippen LogP contribution < -0.4 is 21.3 Å². The highest BCUT2D eigenvalue weighted by Gasteiger charge is 2.20. The van der Waals surface area contributed by atoms with Gasteiger partial charge in [-0.25, -0.2) is 4.98 Å². The van der Waals surface area contributed by atoms with Crippen LogP contribution in [0, 0.1) is 0 Å². The standard InChI is InChI=1S/C30H48N10/c1-39-20-7-12-26(39)15-19-33-29-27-13-5-6-14-28(27)35-30(36-29)34-22-25-23-40(38-37-25)21-9-17-31-16-8-18-32-24-10-3-2-4-11-24/h5-6,13-14,23-24,26,31-32H,2-4,7-12,15-22H2,1H3,(H2,33,34,35,36). The molecule has 5 rings (SSSR count).